The van der Waals surface area contributed by atoms with Gasteiger partial charge in [0.1, 0.15) is 18.1 Å². The number of nitrogens with zero attached hydrogens (tertiary/aromatic N) is 1. The number of hydrogen-bond donors (Lipinski definition) is 1. The topological polar surface area (TPSA) is 95.5 Å². The monoisotopic (exact) mass is 586 g/mol. The van der Waals surface area contributed by atoms with Gasteiger partial charge in [-0.05, 0) is 103 Å². The van der Waals surface area contributed by atoms with Crippen LogP contribution in [-0.2, 0) is 6.61 Å². The van der Waals surface area contributed by atoms with Gasteiger partial charge in [-0.25, -0.2) is 10.2 Å². The summed E-state index contributed by atoms with van der Waals surface area (Å²) in [7, 11) is 0. The molecule has 0 saturated heterocycles. The third-order valence-corrected chi connectivity index (χ3v) is 6.10. The maximum absolute atomic E-state index is 12.7. The number of esters is 1. The standard InChI is InChI=1S/C33H31ClN2O6/c1-3-19-40-28-16-10-26(11-17-28)33(38)42-30-18-7-24(20-31(30)39-4-2)21-35-36-32(37)25-8-14-29(15-9-25)41-22-23-5-12-27(34)13-6-23/h5-18,20-21H,3-4,19,22H2,1-2H3,(H,36,37)/b35-21+. The predicted molar refractivity (Wildman–Crippen MR) is 162 cm³/mol. The van der Waals surface area contributed by atoms with Gasteiger partial charge in [-0.1, -0.05) is 30.7 Å². The van der Waals surface area contributed by atoms with Gasteiger partial charge in [0.25, 0.3) is 5.91 Å². The number of rotatable bonds is 13. The minimum absolute atomic E-state index is 0.271. The van der Waals surface area contributed by atoms with Gasteiger partial charge < -0.3 is 18.9 Å². The Labute approximate surface area is 249 Å². The normalized spacial score (nSPS) is 10.7. The maximum Gasteiger partial charge on any atom is 0.343 e. The zero-order valence-electron chi connectivity index (χ0n) is 23.3. The summed E-state index contributed by atoms with van der Waals surface area (Å²) in [6.45, 7) is 5.21. The predicted octanol–water partition coefficient (Wildman–Crippen LogP) is 7.09. The average molecular weight is 587 g/mol. The quantitative estimate of drug-likeness (QED) is 0.0777. The molecule has 0 aromatic heterocycles. The van der Waals surface area contributed by atoms with Gasteiger partial charge in [0, 0.05) is 10.6 Å². The molecule has 0 fully saturated rings. The molecule has 1 N–H and O–H groups in total. The van der Waals surface area contributed by atoms with Crippen molar-refractivity contribution in [2.24, 2.45) is 5.10 Å². The van der Waals surface area contributed by atoms with Crippen molar-refractivity contribution in [3.8, 4) is 23.0 Å². The highest BCUT2D eigenvalue weighted by atomic mass is 35.5. The second kappa shape index (κ2) is 15.3. The zero-order valence-corrected chi connectivity index (χ0v) is 24.1. The Kier molecular flexibility index (Phi) is 10.9. The highest BCUT2D eigenvalue weighted by molar-refractivity contribution is 6.30. The van der Waals surface area contributed by atoms with E-state index in [1.807, 2.05) is 26.0 Å². The third kappa shape index (κ3) is 8.84. The first-order valence-electron chi connectivity index (χ1n) is 13.5. The van der Waals surface area contributed by atoms with Crippen molar-refractivity contribution in [3.63, 3.8) is 0 Å². The number of hydrogen-bond acceptors (Lipinski definition) is 7. The number of nitrogens with one attached hydrogen (secondary N) is 1. The van der Waals surface area contributed by atoms with Crippen molar-refractivity contribution in [1.82, 2.24) is 5.43 Å². The lowest BCUT2D eigenvalue weighted by molar-refractivity contribution is 0.0728. The Bertz CT molecular complexity index is 1500. The molecule has 4 aromatic rings. The summed E-state index contributed by atoms with van der Waals surface area (Å²) >= 11 is 5.91. The molecule has 42 heavy (non-hydrogen) atoms. The molecule has 0 radical (unpaired) electrons. The van der Waals surface area contributed by atoms with Crippen LogP contribution in [0.2, 0.25) is 5.02 Å². The average Bonchev–Trinajstić information content (AvgIpc) is 3.01. The molecular weight excluding hydrogens is 556 g/mol. The fourth-order valence-corrected chi connectivity index (χ4v) is 3.83. The van der Waals surface area contributed by atoms with Crippen molar-refractivity contribution in [1.29, 1.82) is 0 Å². The number of benzene rings is 4. The number of amides is 1. The lowest BCUT2D eigenvalue weighted by Gasteiger charge is -2.12. The summed E-state index contributed by atoms with van der Waals surface area (Å²) in [6, 6.07) is 25.9. The highest BCUT2D eigenvalue weighted by Gasteiger charge is 2.14. The van der Waals surface area contributed by atoms with Crippen LogP contribution < -0.4 is 24.4 Å². The van der Waals surface area contributed by atoms with Crippen LogP contribution in [0.3, 0.4) is 0 Å². The number of carbonyl (C=O) groups excluding carboxylic acids is 2. The fourth-order valence-electron chi connectivity index (χ4n) is 3.70. The molecule has 0 bridgehead atoms. The lowest BCUT2D eigenvalue weighted by Crippen LogP contribution is -2.17. The molecule has 0 spiro atoms. The molecule has 4 rings (SSSR count). The van der Waals surface area contributed by atoms with E-state index in [9.17, 15) is 9.59 Å². The number of hydrazone groups is 1. The van der Waals surface area contributed by atoms with Crippen molar-refractivity contribution in [3.05, 3.63) is 118 Å². The van der Waals surface area contributed by atoms with E-state index in [0.717, 1.165) is 12.0 Å². The summed E-state index contributed by atoms with van der Waals surface area (Å²) in [5.41, 5.74) is 4.94. The summed E-state index contributed by atoms with van der Waals surface area (Å²) in [5.74, 6) is 1.07. The summed E-state index contributed by atoms with van der Waals surface area (Å²) in [4.78, 5) is 25.2. The first kappa shape index (κ1) is 30.1. The van der Waals surface area contributed by atoms with Crippen molar-refractivity contribution < 1.29 is 28.5 Å². The van der Waals surface area contributed by atoms with Crippen LogP contribution in [-0.4, -0.2) is 31.3 Å². The Morgan fingerprint density at radius 3 is 2.12 bits per heavy atom. The van der Waals surface area contributed by atoms with E-state index < -0.39 is 5.97 Å². The zero-order chi connectivity index (χ0) is 29.7. The Balaban J connectivity index is 1.32. The minimum Gasteiger partial charge on any atom is -0.494 e. The molecule has 0 saturated carbocycles. The lowest BCUT2D eigenvalue weighted by atomic mass is 10.2. The molecule has 9 heteroatoms. The van der Waals surface area contributed by atoms with Gasteiger partial charge in [-0.3, -0.25) is 4.79 Å². The van der Waals surface area contributed by atoms with E-state index in [1.54, 1.807) is 78.9 Å². The first-order chi connectivity index (χ1) is 20.4. The molecule has 0 heterocycles. The smallest absolute Gasteiger partial charge is 0.343 e. The molecule has 0 aliphatic carbocycles. The van der Waals surface area contributed by atoms with Gasteiger partial charge in [0.05, 0.1) is 25.0 Å². The summed E-state index contributed by atoms with van der Waals surface area (Å²) in [5, 5.41) is 4.72. The number of carbonyl (C=O) groups is 2. The minimum atomic E-state index is -0.520. The molecule has 8 nitrogen and oxygen atoms in total. The van der Waals surface area contributed by atoms with Crippen LogP contribution >= 0.6 is 11.6 Å². The largest absolute Gasteiger partial charge is 0.494 e. The molecule has 216 valence electrons. The molecule has 0 aliphatic heterocycles. The molecular formula is C33H31ClN2O6. The summed E-state index contributed by atoms with van der Waals surface area (Å²) < 4.78 is 22.6. The molecule has 4 aromatic carbocycles. The molecule has 0 aliphatic rings. The van der Waals surface area contributed by atoms with Crippen LogP contribution in [0.25, 0.3) is 0 Å². The second-order valence-corrected chi connectivity index (χ2v) is 9.48. The van der Waals surface area contributed by atoms with Crippen LogP contribution in [0.4, 0.5) is 0 Å². The maximum atomic E-state index is 12.7. The van der Waals surface area contributed by atoms with E-state index in [0.29, 0.717) is 58.8 Å². The van der Waals surface area contributed by atoms with Gasteiger partial charge in [-0.15, -0.1) is 0 Å². The van der Waals surface area contributed by atoms with Crippen LogP contribution in [0.15, 0.2) is 96.1 Å². The fraction of sp³-hybridized carbons (Fsp3) is 0.182. The van der Waals surface area contributed by atoms with Gasteiger partial charge in [0.15, 0.2) is 11.5 Å². The third-order valence-electron chi connectivity index (χ3n) is 5.85. The molecule has 0 unspecified atom stereocenters. The molecule has 1 amide bonds. The highest BCUT2D eigenvalue weighted by Crippen LogP contribution is 2.29. The van der Waals surface area contributed by atoms with Crippen molar-refractivity contribution >= 4 is 29.7 Å². The van der Waals surface area contributed by atoms with E-state index in [4.69, 9.17) is 30.5 Å². The van der Waals surface area contributed by atoms with Crippen molar-refractivity contribution in [2.75, 3.05) is 13.2 Å². The first-order valence-corrected chi connectivity index (χ1v) is 13.9. The van der Waals surface area contributed by atoms with E-state index in [1.165, 1.54) is 6.21 Å². The van der Waals surface area contributed by atoms with Crippen LogP contribution in [0.1, 0.15) is 52.1 Å². The number of ether oxygens (including phenoxy) is 4. The Hall–Kier alpha value is -4.82. The number of halogens is 1. The summed E-state index contributed by atoms with van der Waals surface area (Å²) in [6.07, 6.45) is 2.37. The van der Waals surface area contributed by atoms with E-state index >= 15 is 0 Å². The van der Waals surface area contributed by atoms with Gasteiger partial charge in [-0.2, -0.15) is 5.10 Å². The molecule has 0 atom stereocenters. The van der Waals surface area contributed by atoms with E-state index in [-0.39, 0.29) is 11.7 Å². The Morgan fingerprint density at radius 2 is 1.45 bits per heavy atom. The van der Waals surface area contributed by atoms with Gasteiger partial charge >= 0.3 is 5.97 Å². The van der Waals surface area contributed by atoms with Crippen LogP contribution in [0, 0.1) is 0 Å². The van der Waals surface area contributed by atoms with E-state index in [2.05, 4.69) is 10.5 Å². The van der Waals surface area contributed by atoms with Crippen molar-refractivity contribution in [2.45, 2.75) is 26.9 Å². The SMILES string of the molecule is CCCOc1ccc(C(=O)Oc2ccc(/C=N/NC(=O)c3ccc(OCc4ccc(Cl)cc4)cc3)cc2OCC)cc1. The van der Waals surface area contributed by atoms with Gasteiger partial charge in [0.2, 0.25) is 0 Å². The Morgan fingerprint density at radius 1 is 0.786 bits per heavy atom. The van der Waals surface area contributed by atoms with Crippen LogP contribution in [0.5, 0.6) is 23.0 Å². The second-order valence-electron chi connectivity index (χ2n) is 9.04.